The number of nitrogens with one attached hydrogen (secondary N) is 1. The summed E-state index contributed by atoms with van der Waals surface area (Å²) in [6.45, 7) is 4.58. The van der Waals surface area contributed by atoms with Crippen molar-refractivity contribution in [3.05, 3.63) is 35.4 Å². The van der Waals surface area contributed by atoms with E-state index in [2.05, 4.69) is 43.4 Å². The number of benzene rings is 1. The van der Waals surface area contributed by atoms with Gasteiger partial charge in [0.2, 0.25) is 0 Å². The molecule has 0 bridgehead atoms. The van der Waals surface area contributed by atoms with Crippen molar-refractivity contribution in [3.63, 3.8) is 0 Å². The molecule has 0 aliphatic heterocycles. The van der Waals surface area contributed by atoms with E-state index in [0.29, 0.717) is 0 Å². The maximum Gasteiger partial charge on any atom is 0.00813 e. The third kappa shape index (κ3) is 2.61. The molecule has 3 rings (SSSR count). The Morgan fingerprint density at radius 1 is 1.06 bits per heavy atom. The van der Waals surface area contributed by atoms with Gasteiger partial charge in [0, 0.05) is 12.1 Å². The van der Waals surface area contributed by atoms with Crippen LogP contribution in [0.3, 0.4) is 0 Å². The maximum absolute atomic E-state index is 3.86. The van der Waals surface area contributed by atoms with Gasteiger partial charge in [-0.1, -0.05) is 36.8 Å². The Labute approximate surface area is 111 Å². The standard InChI is InChI=1S/C17H25N/c1-12-4-3-5-14(8-12)15-10-17(11-15)18-16-7-6-13(2)9-16/h3-5,8,13,15-18H,6-7,9-11H2,1-2H3. The van der Waals surface area contributed by atoms with E-state index in [1.165, 1.54) is 37.7 Å². The average Bonchev–Trinajstić information content (AvgIpc) is 2.69. The van der Waals surface area contributed by atoms with Crippen LogP contribution in [0.4, 0.5) is 0 Å². The Bertz CT molecular complexity index is 406. The molecule has 1 heteroatoms. The molecule has 2 aliphatic rings. The van der Waals surface area contributed by atoms with Gasteiger partial charge >= 0.3 is 0 Å². The van der Waals surface area contributed by atoms with Crippen molar-refractivity contribution in [2.24, 2.45) is 5.92 Å². The average molecular weight is 243 g/mol. The number of hydrogen-bond acceptors (Lipinski definition) is 1. The lowest BCUT2D eigenvalue weighted by Gasteiger charge is -2.38. The first-order valence-corrected chi connectivity index (χ1v) is 7.53. The first-order chi connectivity index (χ1) is 8.70. The van der Waals surface area contributed by atoms with Gasteiger partial charge in [-0.05, 0) is 56.4 Å². The minimum atomic E-state index is 0.783. The van der Waals surface area contributed by atoms with Crippen LogP contribution in [0.1, 0.15) is 56.1 Å². The van der Waals surface area contributed by atoms with Crippen LogP contribution < -0.4 is 5.32 Å². The Morgan fingerprint density at radius 3 is 2.56 bits per heavy atom. The normalized spacial score (nSPS) is 35.4. The Kier molecular flexibility index (Phi) is 3.43. The summed E-state index contributed by atoms with van der Waals surface area (Å²) in [5.41, 5.74) is 2.95. The van der Waals surface area contributed by atoms with Crippen molar-refractivity contribution in [1.82, 2.24) is 5.32 Å². The molecule has 0 spiro atoms. The van der Waals surface area contributed by atoms with Gasteiger partial charge in [0.1, 0.15) is 0 Å². The van der Waals surface area contributed by atoms with Crippen molar-refractivity contribution in [1.29, 1.82) is 0 Å². The third-order valence-corrected chi connectivity index (χ3v) is 4.82. The monoisotopic (exact) mass is 243 g/mol. The fraction of sp³-hybridized carbons (Fsp3) is 0.647. The van der Waals surface area contributed by atoms with Crippen molar-refractivity contribution in [2.75, 3.05) is 0 Å². The molecule has 1 aromatic carbocycles. The van der Waals surface area contributed by atoms with E-state index in [-0.39, 0.29) is 0 Å². The molecular weight excluding hydrogens is 218 g/mol. The molecule has 0 aromatic heterocycles. The van der Waals surface area contributed by atoms with Crippen LogP contribution in [0.25, 0.3) is 0 Å². The minimum Gasteiger partial charge on any atom is -0.311 e. The second kappa shape index (κ2) is 5.05. The van der Waals surface area contributed by atoms with Gasteiger partial charge in [-0.3, -0.25) is 0 Å². The topological polar surface area (TPSA) is 12.0 Å². The molecule has 1 aromatic rings. The van der Waals surface area contributed by atoms with Gasteiger partial charge in [-0.2, -0.15) is 0 Å². The fourth-order valence-electron chi connectivity index (χ4n) is 3.64. The van der Waals surface area contributed by atoms with Crippen LogP contribution in [-0.4, -0.2) is 12.1 Å². The molecule has 2 unspecified atom stereocenters. The van der Waals surface area contributed by atoms with E-state index in [0.717, 1.165) is 23.9 Å². The summed E-state index contributed by atoms with van der Waals surface area (Å²) in [6, 6.07) is 10.6. The van der Waals surface area contributed by atoms with Crippen molar-refractivity contribution in [2.45, 2.75) is 64.0 Å². The van der Waals surface area contributed by atoms with E-state index in [4.69, 9.17) is 0 Å². The lowest BCUT2D eigenvalue weighted by atomic mass is 9.75. The molecule has 98 valence electrons. The van der Waals surface area contributed by atoms with Crippen LogP contribution in [0.15, 0.2) is 24.3 Å². The predicted molar refractivity (Wildman–Crippen MR) is 76.9 cm³/mol. The van der Waals surface area contributed by atoms with Gasteiger partial charge < -0.3 is 5.32 Å². The molecule has 2 saturated carbocycles. The van der Waals surface area contributed by atoms with Gasteiger partial charge in [-0.25, -0.2) is 0 Å². The summed E-state index contributed by atoms with van der Waals surface area (Å²) in [7, 11) is 0. The lowest BCUT2D eigenvalue weighted by Crippen LogP contribution is -2.44. The molecular formula is C17H25N. The molecule has 2 fully saturated rings. The summed E-state index contributed by atoms with van der Waals surface area (Å²) < 4.78 is 0. The van der Waals surface area contributed by atoms with E-state index >= 15 is 0 Å². The van der Waals surface area contributed by atoms with Crippen LogP contribution in [0, 0.1) is 12.8 Å². The Morgan fingerprint density at radius 2 is 1.89 bits per heavy atom. The highest BCUT2D eigenvalue weighted by Gasteiger charge is 2.33. The summed E-state index contributed by atoms with van der Waals surface area (Å²) in [6.07, 6.45) is 6.90. The summed E-state index contributed by atoms with van der Waals surface area (Å²) in [5, 5.41) is 3.86. The van der Waals surface area contributed by atoms with E-state index in [9.17, 15) is 0 Å². The van der Waals surface area contributed by atoms with Crippen molar-refractivity contribution < 1.29 is 0 Å². The molecule has 2 aliphatic carbocycles. The second-order valence-corrected chi connectivity index (χ2v) is 6.56. The zero-order chi connectivity index (χ0) is 12.5. The summed E-state index contributed by atoms with van der Waals surface area (Å²) in [4.78, 5) is 0. The van der Waals surface area contributed by atoms with Crippen LogP contribution in [0.2, 0.25) is 0 Å². The smallest absolute Gasteiger partial charge is 0.00813 e. The summed E-state index contributed by atoms with van der Waals surface area (Å²) >= 11 is 0. The lowest BCUT2D eigenvalue weighted by molar-refractivity contribution is 0.263. The Hall–Kier alpha value is -0.820. The van der Waals surface area contributed by atoms with Crippen LogP contribution >= 0.6 is 0 Å². The maximum atomic E-state index is 3.86. The van der Waals surface area contributed by atoms with Crippen molar-refractivity contribution >= 4 is 0 Å². The highest BCUT2D eigenvalue weighted by atomic mass is 15.0. The number of hydrogen-bond donors (Lipinski definition) is 1. The molecule has 1 nitrogen and oxygen atoms in total. The molecule has 0 amide bonds. The first-order valence-electron chi connectivity index (χ1n) is 7.53. The fourth-order valence-corrected chi connectivity index (χ4v) is 3.64. The Balaban J connectivity index is 1.48. The highest BCUT2D eigenvalue weighted by Crippen LogP contribution is 2.38. The van der Waals surface area contributed by atoms with E-state index < -0.39 is 0 Å². The van der Waals surface area contributed by atoms with E-state index in [1.54, 1.807) is 5.56 Å². The van der Waals surface area contributed by atoms with Crippen molar-refractivity contribution in [3.8, 4) is 0 Å². The van der Waals surface area contributed by atoms with Gasteiger partial charge in [-0.15, -0.1) is 0 Å². The highest BCUT2D eigenvalue weighted by molar-refractivity contribution is 5.27. The summed E-state index contributed by atoms with van der Waals surface area (Å²) in [5.74, 6) is 1.75. The number of aryl methyl sites for hydroxylation is 1. The van der Waals surface area contributed by atoms with Crippen LogP contribution in [-0.2, 0) is 0 Å². The zero-order valence-corrected chi connectivity index (χ0v) is 11.7. The van der Waals surface area contributed by atoms with Gasteiger partial charge in [0.25, 0.3) is 0 Å². The van der Waals surface area contributed by atoms with Crippen LogP contribution in [0.5, 0.6) is 0 Å². The van der Waals surface area contributed by atoms with E-state index in [1.807, 2.05) is 0 Å². The molecule has 18 heavy (non-hydrogen) atoms. The predicted octanol–water partition coefficient (Wildman–Crippen LogP) is 4.02. The SMILES string of the molecule is Cc1cccc(C2CC(NC3CCC(C)C3)C2)c1. The minimum absolute atomic E-state index is 0.783. The molecule has 1 N–H and O–H groups in total. The first kappa shape index (κ1) is 12.2. The molecule has 0 radical (unpaired) electrons. The quantitative estimate of drug-likeness (QED) is 0.845. The largest absolute Gasteiger partial charge is 0.311 e. The molecule has 2 atom stereocenters. The second-order valence-electron chi connectivity index (χ2n) is 6.56. The van der Waals surface area contributed by atoms with Gasteiger partial charge in [0.05, 0.1) is 0 Å². The molecule has 0 heterocycles. The van der Waals surface area contributed by atoms with Gasteiger partial charge in [0.15, 0.2) is 0 Å². The third-order valence-electron chi connectivity index (χ3n) is 4.82. The zero-order valence-electron chi connectivity index (χ0n) is 11.7. The molecule has 0 saturated heterocycles. The number of rotatable bonds is 3.